The Balaban J connectivity index is 1.70. The minimum absolute atomic E-state index is 0.0444. The van der Waals surface area contributed by atoms with Gasteiger partial charge in [-0.2, -0.15) is 5.26 Å². The first-order valence-corrected chi connectivity index (χ1v) is 8.19. The van der Waals surface area contributed by atoms with Crippen molar-refractivity contribution >= 4 is 11.8 Å². The average molecular weight is 333 g/mol. The number of carbonyl (C=O) groups excluding carboxylic acids is 2. The standard InChI is InChI=1S/C20H19N3O2/c1-15-20(25)22(12-17-5-3-2-4-6-17)14-19(24)23(15)13-18-9-7-16(11-21)8-10-18/h2-10,15H,12-14H2,1H3/t15-/m1/s1. The van der Waals surface area contributed by atoms with Gasteiger partial charge >= 0.3 is 0 Å². The Kier molecular flexibility index (Phi) is 4.80. The van der Waals surface area contributed by atoms with Crippen molar-refractivity contribution in [3.63, 3.8) is 0 Å². The summed E-state index contributed by atoms with van der Waals surface area (Å²) in [7, 11) is 0. The number of nitrogens with zero attached hydrogens (tertiary/aromatic N) is 3. The van der Waals surface area contributed by atoms with Crippen LogP contribution in [0.15, 0.2) is 54.6 Å². The summed E-state index contributed by atoms with van der Waals surface area (Å²) in [6.45, 7) is 2.67. The third-order valence-electron chi connectivity index (χ3n) is 4.44. The summed E-state index contributed by atoms with van der Waals surface area (Å²) in [5, 5.41) is 8.85. The van der Waals surface area contributed by atoms with Gasteiger partial charge in [-0.1, -0.05) is 42.5 Å². The SMILES string of the molecule is C[C@@H]1C(=O)N(Cc2ccccc2)CC(=O)N1Cc1ccc(C#N)cc1. The van der Waals surface area contributed by atoms with E-state index in [1.54, 1.807) is 28.9 Å². The minimum Gasteiger partial charge on any atom is -0.327 e. The Morgan fingerprint density at radius 1 is 1.00 bits per heavy atom. The predicted molar refractivity (Wildman–Crippen MR) is 93.0 cm³/mol. The molecule has 1 heterocycles. The van der Waals surface area contributed by atoms with E-state index in [-0.39, 0.29) is 18.4 Å². The third kappa shape index (κ3) is 3.69. The van der Waals surface area contributed by atoms with Crippen LogP contribution in [0.4, 0.5) is 0 Å². The van der Waals surface area contributed by atoms with E-state index in [2.05, 4.69) is 6.07 Å². The molecule has 1 fully saturated rings. The van der Waals surface area contributed by atoms with E-state index in [1.165, 1.54) is 0 Å². The van der Waals surface area contributed by atoms with E-state index in [9.17, 15) is 9.59 Å². The van der Waals surface area contributed by atoms with Gasteiger partial charge in [-0.05, 0) is 30.2 Å². The number of benzene rings is 2. The zero-order valence-electron chi connectivity index (χ0n) is 14.1. The molecule has 2 aromatic carbocycles. The molecular weight excluding hydrogens is 314 g/mol. The van der Waals surface area contributed by atoms with Crippen molar-refractivity contribution < 1.29 is 9.59 Å². The zero-order valence-corrected chi connectivity index (χ0v) is 14.1. The second-order valence-electron chi connectivity index (χ2n) is 6.19. The topological polar surface area (TPSA) is 64.4 Å². The molecule has 2 aromatic rings. The van der Waals surface area contributed by atoms with Crippen LogP contribution in [0.2, 0.25) is 0 Å². The molecule has 0 saturated carbocycles. The summed E-state index contributed by atoms with van der Waals surface area (Å²) in [6, 6.07) is 18.3. The Morgan fingerprint density at radius 3 is 2.28 bits per heavy atom. The molecule has 5 heteroatoms. The molecule has 0 unspecified atom stereocenters. The van der Waals surface area contributed by atoms with Gasteiger partial charge in [0.25, 0.3) is 0 Å². The van der Waals surface area contributed by atoms with Crippen molar-refractivity contribution in [3.05, 3.63) is 71.3 Å². The Labute approximate surface area is 147 Å². The fraction of sp³-hybridized carbons (Fsp3) is 0.250. The van der Waals surface area contributed by atoms with Crippen LogP contribution >= 0.6 is 0 Å². The van der Waals surface area contributed by atoms with Gasteiger partial charge in [0.1, 0.15) is 12.6 Å². The lowest BCUT2D eigenvalue weighted by atomic mass is 10.1. The summed E-state index contributed by atoms with van der Waals surface area (Å²) in [5.41, 5.74) is 2.49. The average Bonchev–Trinajstić information content (AvgIpc) is 2.64. The highest BCUT2D eigenvalue weighted by Gasteiger charge is 2.36. The van der Waals surface area contributed by atoms with Crippen LogP contribution in [-0.4, -0.2) is 34.2 Å². The molecule has 0 radical (unpaired) electrons. The summed E-state index contributed by atoms with van der Waals surface area (Å²) in [5.74, 6) is -0.107. The molecule has 0 spiro atoms. The number of hydrogen-bond donors (Lipinski definition) is 0. The van der Waals surface area contributed by atoms with E-state index in [0.29, 0.717) is 18.7 Å². The van der Waals surface area contributed by atoms with E-state index < -0.39 is 6.04 Å². The molecule has 25 heavy (non-hydrogen) atoms. The van der Waals surface area contributed by atoms with E-state index in [1.807, 2.05) is 42.5 Å². The maximum Gasteiger partial charge on any atom is 0.245 e. The lowest BCUT2D eigenvalue weighted by Crippen LogP contribution is -2.57. The van der Waals surface area contributed by atoms with Gasteiger partial charge in [0, 0.05) is 13.1 Å². The van der Waals surface area contributed by atoms with E-state index in [4.69, 9.17) is 5.26 Å². The first-order chi connectivity index (χ1) is 12.1. The number of piperazine rings is 1. The highest BCUT2D eigenvalue weighted by atomic mass is 16.2. The summed E-state index contributed by atoms with van der Waals surface area (Å²) >= 11 is 0. The Bertz CT molecular complexity index is 809. The molecular formula is C20H19N3O2. The van der Waals surface area contributed by atoms with Crippen molar-refractivity contribution in [2.75, 3.05) is 6.54 Å². The molecule has 3 rings (SSSR count). The van der Waals surface area contributed by atoms with Crippen molar-refractivity contribution in [1.82, 2.24) is 9.80 Å². The summed E-state index contributed by atoms with van der Waals surface area (Å²) in [4.78, 5) is 28.4. The Hall–Kier alpha value is -3.13. The molecule has 1 aliphatic rings. The lowest BCUT2D eigenvalue weighted by Gasteiger charge is -2.38. The second-order valence-corrected chi connectivity index (χ2v) is 6.19. The Morgan fingerprint density at radius 2 is 1.64 bits per heavy atom. The maximum absolute atomic E-state index is 12.7. The monoisotopic (exact) mass is 333 g/mol. The molecule has 1 saturated heterocycles. The van der Waals surface area contributed by atoms with Gasteiger partial charge < -0.3 is 9.80 Å². The van der Waals surface area contributed by atoms with Crippen LogP contribution in [0.5, 0.6) is 0 Å². The molecule has 0 aliphatic carbocycles. The number of hydrogen-bond acceptors (Lipinski definition) is 3. The van der Waals surface area contributed by atoms with Gasteiger partial charge in [-0.3, -0.25) is 9.59 Å². The van der Waals surface area contributed by atoms with Crippen LogP contribution in [0, 0.1) is 11.3 Å². The smallest absolute Gasteiger partial charge is 0.245 e. The van der Waals surface area contributed by atoms with Gasteiger partial charge in [-0.15, -0.1) is 0 Å². The van der Waals surface area contributed by atoms with Crippen LogP contribution in [0.25, 0.3) is 0 Å². The van der Waals surface area contributed by atoms with Crippen molar-refractivity contribution in [2.24, 2.45) is 0 Å². The molecule has 2 amide bonds. The summed E-state index contributed by atoms with van der Waals surface area (Å²) in [6.07, 6.45) is 0. The second kappa shape index (κ2) is 7.18. The molecule has 0 aromatic heterocycles. The van der Waals surface area contributed by atoms with Gasteiger partial charge in [0.15, 0.2) is 0 Å². The van der Waals surface area contributed by atoms with Crippen LogP contribution < -0.4 is 0 Å². The number of rotatable bonds is 4. The van der Waals surface area contributed by atoms with Crippen LogP contribution in [-0.2, 0) is 22.7 Å². The highest BCUT2D eigenvalue weighted by Crippen LogP contribution is 2.18. The largest absolute Gasteiger partial charge is 0.327 e. The fourth-order valence-electron chi connectivity index (χ4n) is 2.99. The van der Waals surface area contributed by atoms with Crippen molar-refractivity contribution in [2.45, 2.75) is 26.1 Å². The molecule has 5 nitrogen and oxygen atoms in total. The molecule has 126 valence electrons. The zero-order chi connectivity index (χ0) is 17.8. The first-order valence-electron chi connectivity index (χ1n) is 8.19. The maximum atomic E-state index is 12.7. The number of amides is 2. The number of nitriles is 1. The van der Waals surface area contributed by atoms with Gasteiger partial charge in [0.05, 0.1) is 11.6 Å². The highest BCUT2D eigenvalue weighted by molar-refractivity contribution is 5.94. The third-order valence-corrected chi connectivity index (χ3v) is 4.44. The van der Waals surface area contributed by atoms with E-state index in [0.717, 1.165) is 11.1 Å². The summed E-state index contributed by atoms with van der Waals surface area (Å²) < 4.78 is 0. The van der Waals surface area contributed by atoms with Crippen LogP contribution in [0.3, 0.4) is 0 Å². The minimum atomic E-state index is -0.499. The quantitative estimate of drug-likeness (QED) is 0.862. The fourth-order valence-corrected chi connectivity index (χ4v) is 2.99. The molecule has 0 N–H and O–H groups in total. The van der Waals surface area contributed by atoms with Gasteiger partial charge in [0.2, 0.25) is 11.8 Å². The van der Waals surface area contributed by atoms with Crippen molar-refractivity contribution in [1.29, 1.82) is 5.26 Å². The number of carbonyl (C=O) groups is 2. The predicted octanol–water partition coefficient (Wildman–Crippen LogP) is 2.32. The van der Waals surface area contributed by atoms with Crippen LogP contribution in [0.1, 0.15) is 23.6 Å². The molecule has 0 bridgehead atoms. The lowest BCUT2D eigenvalue weighted by molar-refractivity contribution is -0.156. The molecule has 1 atom stereocenters. The first kappa shape index (κ1) is 16.7. The van der Waals surface area contributed by atoms with Gasteiger partial charge in [-0.25, -0.2) is 0 Å². The van der Waals surface area contributed by atoms with E-state index >= 15 is 0 Å². The normalized spacial score (nSPS) is 17.5. The molecule has 1 aliphatic heterocycles. The van der Waals surface area contributed by atoms with Crippen molar-refractivity contribution in [3.8, 4) is 6.07 Å².